The Bertz CT molecular complexity index is 1310. The zero-order valence-electron chi connectivity index (χ0n) is 19.5. The molecule has 0 bridgehead atoms. The highest BCUT2D eigenvalue weighted by Gasteiger charge is 2.30. The van der Waals surface area contributed by atoms with Gasteiger partial charge in [-0.05, 0) is 55.0 Å². The molecule has 178 valence electrons. The number of ether oxygens (including phenoxy) is 1. The molecule has 4 aromatic rings. The van der Waals surface area contributed by atoms with Crippen LogP contribution in [0.2, 0.25) is 0 Å². The van der Waals surface area contributed by atoms with Crippen molar-refractivity contribution in [2.75, 3.05) is 26.2 Å². The molecule has 2 amide bonds. The van der Waals surface area contributed by atoms with Crippen LogP contribution in [0.1, 0.15) is 23.9 Å². The van der Waals surface area contributed by atoms with E-state index in [4.69, 9.17) is 9.15 Å². The first-order chi connectivity index (χ1) is 17.1. The molecule has 1 aliphatic heterocycles. The van der Waals surface area contributed by atoms with E-state index in [-0.39, 0.29) is 11.8 Å². The Morgan fingerprint density at radius 2 is 1.66 bits per heavy atom. The van der Waals surface area contributed by atoms with Gasteiger partial charge in [0.1, 0.15) is 5.75 Å². The van der Waals surface area contributed by atoms with Crippen LogP contribution in [0.3, 0.4) is 0 Å². The van der Waals surface area contributed by atoms with Gasteiger partial charge in [0.15, 0.2) is 11.9 Å². The summed E-state index contributed by atoms with van der Waals surface area (Å²) in [4.78, 5) is 38.2. The lowest BCUT2D eigenvalue weighted by Gasteiger charge is -2.35. The first kappa shape index (κ1) is 22.6. The van der Waals surface area contributed by atoms with Crippen molar-refractivity contribution in [2.24, 2.45) is 0 Å². The molecule has 1 aliphatic rings. The van der Waals surface area contributed by atoms with Gasteiger partial charge in [0.25, 0.3) is 11.8 Å². The molecule has 2 aromatic heterocycles. The minimum Gasteiger partial charge on any atom is -0.481 e. The number of para-hydroxylation sites is 2. The molecular weight excluding hydrogens is 444 g/mol. The molecule has 1 atom stereocenters. The van der Waals surface area contributed by atoms with Gasteiger partial charge in [-0.1, -0.05) is 19.1 Å². The molecule has 1 fully saturated rings. The summed E-state index contributed by atoms with van der Waals surface area (Å²) < 4.78 is 11.3. The molecule has 0 unspecified atom stereocenters. The van der Waals surface area contributed by atoms with Gasteiger partial charge in [-0.2, -0.15) is 0 Å². The highest BCUT2D eigenvalue weighted by atomic mass is 16.5. The smallest absolute Gasteiger partial charge is 0.289 e. The predicted octanol–water partition coefficient (Wildman–Crippen LogP) is 4.03. The van der Waals surface area contributed by atoms with E-state index in [1.807, 2.05) is 55.5 Å². The first-order valence-electron chi connectivity index (χ1n) is 11.7. The van der Waals surface area contributed by atoms with E-state index < -0.39 is 6.10 Å². The van der Waals surface area contributed by atoms with Crippen molar-refractivity contribution in [2.45, 2.75) is 19.4 Å². The minimum absolute atomic E-state index is 0.0675. The van der Waals surface area contributed by atoms with Gasteiger partial charge >= 0.3 is 0 Å². The number of furan rings is 1. The number of carbonyl (C=O) groups excluding carboxylic acids is 2. The third-order valence-corrected chi connectivity index (χ3v) is 6.13. The number of hydrogen-bond acceptors (Lipinski definition) is 6. The second-order valence-corrected chi connectivity index (χ2v) is 8.38. The van der Waals surface area contributed by atoms with Crippen molar-refractivity contribution >= 4 is 22.8 Å². The van der Waals surface area contributed by atoms with Crippen molar-refractivity contribution < 1.29 is 18.7 Å². The summed E-state index contributed by atoms with van der Waals surface area (Å²) in [5.41, 5.74) is 3.40. The summed E-state index contributed by atoms with van der Waals surface area (Å²) in [6.07, 6.45) is 3.20. The van der Waals surface area contributed by atoms with Gasteiger partial charge in [-0.25, -0.2) is 4.98 Å². The maximum atomic E-state index is 13.1. The molecule has 0 radical (unpaired) electrons. The average molecular weight is 471 g/mol. The lowest BCUT2D eigenvalue weighted by molar-refractivity contribution is -0.140. The molecule has 0 N–H and O–H groups in total. The molecule has 35 heavy (non-hydrogen) atoms. The van der Waals surface area contributed by atoms with Gasteiger partial charge in [-0.3, -0.25) is 14.6 Å². The summed E-state index contributed by atoms with van der Waals surface area (Å²) in [6, 6.07) is 18.6. The van der Waals surface area contributed by atoms with E-state index >= 15 is 0 Å². The van der Waals surface area contributed by atoms with Gasteiger partial charge in [0.2, 0.25) is 0 Å². The van der Waals surface area contributed by atoms with Crippen LogP contribution in [0.25, 0.3) is 22.3 Å². The van der Waals surface area contributed by atoms with Crippen LogP contribution in [-0.4, -0.2) is 63.9 Å². The number of benzene rings is 2. The summed E-state index contributed by atoms with van der Waals surface area (Å²) in [5.74, 6) is 0.718. The van der Waals surface area contributed by atoms with Crippen LogP contribution in [0, 0.1) is 0 Å². The van der Waals surface area contributed by atoms with E-state index in [0.29, 0.717) is 44.1 Å². The van der Waals surface area contributed by atoms with Crippen LogP contribution in [-0.2, 0) is 4.79 Å². The zero-order valence-corrected chi connectivity index (χ0v) is 19.5. The van der Waals surface area contributed by atoms with E-state index in [1.54, 1.807) is 28.1 Å². The molecular formula is C27H26N4O4. The van der Waals surface area contributed by atoms with Crippen molar-refractivity contribution in [3.63, 3.8) is 0 Å². The highest BCUT2D eigenvalue weighted by molar-refractivity contribution is 5.91. The number of fused-ring (bicyclic) bond motifs is 1. The number of nitrogens with zero attached hydrogens (tertiary/aromatic N) is 4. The van der Waals surface area contributed by atoms with Gasteiger partial charge in [0, 0.05) is 31.7 Å². The predicted molar refractivity (Wildman–Crippen MR) is 131 cm³/mol. The molecule has 5 rings (SSSR count). The fraction of sp³-hybridized carbons (Fsp3) is 0.259. The maximum Gasteiger partial charge on any atom is 0.289 e. The third-order valence-electron chi connectivity index (χ3n) is 6.13. The summed E-state index contributed by atoms with van der Waals surface area (Å²) in [7, 11) is 0. The Labute approximate surface area is 203 Å². The number of aromatic nitrogens is 2. The van der Waals surface area contributed by atoms with Crippen molar-refractivity contribution in [3.8, 4) is 17.0 Å². The second kappa shape index (κ2) is 9.97. The zero-order chi connectivity index (χ0) is 24.2. The molecule has 0 aliphatic carbocycles. The highest BCUT2D eigenvalue weighted by Crippen LogP contribution is 2.23. The Morgan fingerprint density at radius 3 is 2.34 bits per heavy atom. The summed E-state index contributed by atoms with van der Waals surface area (Å²) >= 11 is 0. The van der Waals surface area contributed by atoms with Gasteiger partial charge < -0.3 is 19.0 Å². The first-order valence-corrected chi connectivity index (χ1v) is 11.7. The average Bonchev–Trinajstić information content (AvgIpc) is 3.46. The van der Waals surface area contributed by atoms with Crippen molar-refractivity contribution in [3.05, 3.63) is 78.9 Å². The lowest BCUT2D eigenvalue weighted by atomic mass is 10.1. The van der Waals surface area contributed by atoms with Crippen LogP contribution in [0.4, 0.5) is 0 Å². The number of piperazine rings is 1. The Kier molecular flexibility index (Phi) is 6.43. The van der Waals surface area contributed by atoms with E-state index in [1.165, 1.54) is 6.26 Å². The fourth-order valence-corrected chi connectivity index (χ4v) is 4.16. The monoisotopic (exact) mass is 470 g/mol. The van der Waals surface area contributed by atoms with Gasteiger partial charge in [0.05, 0.1) is 29.2 Å². The normalized spacial score (nSPS) is 14.7. The van der Waals surface area contributed by atoms with Crippen molar-refractivity contribution in [1.82, 2.24) is 19.8 Å². The van der Waals surface area contributed by atoms with E-state index in [9.17, 15) is 9.59 Å². The lowest BCUT2D eigenvalue weighted by Crippen LogP contribution is -2.53. The maximum absolute atomic E-state index is 13.1. The Morgan fingerprint density at radius 1 is 0.943 bits per heavy atom. The Hall–Kier alpha value is -4.20. The quantitative estimate of drug-likeness (QED) is 0.423. The molecule has 2 aromatic carbocycles. The number of carbonyl (C=O) groups is 2. The molecule has 0 spiro atoms. The summed E-state index contributed by atoms with van der Waals surface area (Å²) in [6.45, 7) is 3.78. The topological polar surface area (TPSA) is 88.8 Å². The largest absolute Gasteiger partial charge is 0.481 e. The number of hydrogen-bond donors (Lipinski definition) is 0. The van der Waals surface area contributed by atoms with Gasteiger partial charge in [-0.15, -0.1) is 0 Å². The summed E-state index contributed by atoms with van der Waals surface area (Å²) in [5, 5.41) is 0. The van der Waals surface area contributed by atoms with Crippen LogP contribution in [0.5, 0.6) is 5.75 Å². The van der Waals surface area contributed by atoms with Crippen LogP contribution in [0.15, 0.2) is 77.5 Å². The third kappa shape index (κ3) is 4.87. The molecule has 0 saturated carbocycles. The minimum atomic E-state index is -0.589. The fourth-order valence-electron chi connectivity index (χ4n) is 4.16. The van der Waals surface area contributed by atoms with Crippen molar-refractivity contribution in [1.29, 1.82) is 0 Å². The molecule has 1 saturated heterocycles. The Balaban J connectivity index is 1.20. The van der Waals surface area contributed by atoms with Crippen LogP contribution < -0.4 is 4.74 Å². The molecule has 8 heteroatoms. The molecule has 3 heterocycles. The van der Waals surface area contributed by atoms with Crippen LogP contribution >= 0.6 is 0 Å². The number of amides is 2. The SMILES string of the molecule is CC[C@@H](Oc1ccc(-c2cnc3ccccc3n2)cc1)C(=O)N1CCN(C(=O)c2ccco2)CC1. The van der Waals surface area contributed by atoms with E-state index in [2.05, 4.69) is 9.97 Å². The standard InChI is InChI=1S/C27H26N4O4/c1-2-24(26(32)30-13-15-31(16-14-30)27(33)25-8-5-17-34-25)35-20-11-9-19(10-12-20)23-18-28-21-6-3-4-7-22(21)29-23/h3-12,17-18,24H,2,13-16H2,1H3/t24-/m1/s1. The molecule has 8 nitrogen and oxygen atoms in total. The number of rotatable bonds is 6. The van der Waals surface area contributed by atoms with E-state index in [0.717, 1.165) is 22.3 Å². The second-order valence-electron chi connectivity index (χ2n) is 8.38.